The van der Waals surface area contributed by atoms with Gasteiger partial charge in [0, 0.05) is 0 Å². The van der Waals surface area contributed by atoms with E-state index in [1.165, 1.54) is 16.7 Å². The molecule has 1 amide bonds. The fraction of sp³-hybridized carbons (Fsp3) is 0.200. The Morgan fingerprint density at radius 3 is 2.53 bits per heavy atom. The summed E-state index contributed by atoms with van der Waals surface area (Å²) in [5.74, 6) is 1.05. The number of carbonyl (C=O) groups excluding carboxylic acids is 1. The monoisotopic (exact) mass is 222 g/mol. The molecule has 1 heterocycles. The first-order valence-corrected chi connectivity index (χ1v) is 5.39. The topological polar surface area (TPSA) is 53.4 Å². The van der Waals surface area contributed by atoms with Gasteiger partial charge in [-0.15, -0.1) is 0 Å². The predicted molar refractivity (Wildman–Crippen MR) is 60.7 cm³/mol. The van der Waals surface area contributed by atoms with Crippen molar-refractivity contribution >= 4 is 28.5 Å². The Hall–Kier alpha value is -1.49. The van der Waals surface area contributed by atoms with Gasteiger partial charge in [-0.25, -0.2) is 0 Å². The van der Waals surface area contributed by atoms with E-state index in [-0.39, 0.29) is 11.1 Å². The number of rotatable bonds is 2. The van der Waals surface area contributed by atoms with E-state index in [1.54, 1.807) is 31.4 Å². The van der Waals surface area contributed by atoms with Crippen LogP contribution in [-0.2, 0) is 4.79 Å². The maximum absolute atomic E-state index is 11.5. The van der Waals surface area contributed by atoms with Crippen LogP contribution in [0.25, 0.3) is 0 Å². The van der Waals surface area contributed by atoms with E-state index in [0.29, 0.717) is 5.75 Å². The number of nitrogens with one attached hydrogen (secondary N) is 1. The number of methoxy groups -OCH3 is 1. The molecule has 1 aromatic rings. The molecule has 1 fully saturated rings. The van der Waals surface area contributed by atoms with E-state index in [9.17, 15) is 4.79 Å². The number of nitrogens with zero attached hydrogens (tertiary/aromatic N) is 1. The van der Waals surface area contributed by atoms with Crippen molar-refractivity contribution in [3.63, 3.8) is 0 Å². The number of ether oxygens (including phenoxy) is 1. The molecule has 0 saturated carbocycles. The molecule has 1 aromatic carbocycles. The Kier molecular flexibility index (Phi) is 2.64. The summed E-state index contributed by atoms with van der Waals surface area (Å²) in [4.78, 5) is 12.9. The van der Waals surface area contributed by atoms with E-state index in [0.717, 1.165) is 11.4 Å². The molecule has 0 radical (unpaired) electrons. The van der Waals surface area contributed by atoms with Crippen LogP contribution in [0.3, 0.4) is 0 Å². The standard InChI is InChI=1S/C10H10N2O2S/c1-14-8-4-2-7(3-5-8)12-9(13)6-15-10(12)11/h2-5,11H,6H2,1H3. The minimum atomic E-state index is -0.0461. The maximum Gasteiger partial charge on any atom is 0.243 e. The Bertz CT molecular complexity index is 386. The summed E-state index contributed by atoms with van der Waals surface area (Å²) in [7, 11) is 1.59. The van der Waals surface area contributed by atoms with Gasteiger partial charge in [0.1, 0.15) is 5.75 Å². The van der Waals surface area contributed by atoms with Crippen LogP contribution in [0.5, 0.6) is 5.75 Å². The Morgan fingerprint density at radius 1 is 1.40 bits per heavy atom. The molecule has 1 saturated heterocycles. The van der Waals surface area contributed by atoms with Crippen molar-refractivity contribution in [1.82, 2.24) is 0 Å². The Balaban J connectivity index is 2.29. The molecule has 0 aliphatic carbocycles. The molecule has 1 N–H and O–H groups in total. The summed E-state index contributed by atoms with van der Waals surface area (Å²) in [6.07, 6.45) is 0. The number of hydrogen-bond donors (Lipinski definition) is 1. The summed E-state index contributed by atoms with van der Waals surface area (Å²) in [6.45, 7) is 0. The fourth-order valence-corrected chi connectivity index (χ4v) is 2.09. The second kappa shape index (κ2) is 3.94. The second-order valence-electron chi connectivity index (χ2n) is 3.02. The lowest BCUT2D eigenvalue weighted by atomic mass is 10.3. The molecule has 4 nitrogen and oxygen atoms in total. The van der Waals surface area contributed by atoms with Gasteiger partial charge in [0.15, 0.2) is 5.17 Å². The minimum Gasteiger partial charge on any atom is -0.497 e. The fourth-order valence-electron chi connectivity index (χ4n) is 1.36. The molecule has 0 bridgehead atoms. The normalized spacial score (nSPS) is 15.9. The number of benzene rings is 1. The zero-order valence-electron chi connectivity index (χ0n) is 8.19. The first kappa shape index (κ1) is 10.0. The summed E-state index contributed by atoms with van der Waals surface area (Å²) >= 11 is 1.25. The number of amides is 1. The third-order valence-corrected chi connectivity index (χ3v) is 2.96. The van der Waals surface area contributed by atoms with Crippen LogP contribution in [0, 0.1) is 5.41 Å². The highest BCUT2D eigenvalue weighted by atomic mass is 32.2. The summed E-state index contributed by atoms with van der Waals surface area (Å²) in [5, 5.41) is 7.89. The highest BCUT2D eigenvalue weighted by Crippen LogP contribution is 2.26. The Morgan fingerprint density at radius 2 is 2.07 bits per heavy atom. The van der Waals surface area contributed by atoms with Crippen LogP contribution in [0.15, 0.2) is 24.3 Å². The quantitative estimate of drug-likeness (QED) is 0.828. The van der Waals surface area contributed by atoms with E-state index < -0.39 is 0 Å². The van der Waals surface area contributed by atoms with Crippen molar-refractivity contribution in [3.05, 3.63) is 24.3 Å². The number of carbonyl (C=O) groups is 1. The highest BCUT2D eigenvalue weighted by Gasteiger charge is 2.28. The van der Waals surface area contributed by atoms with Gasteiger partial charge in [0.25, 0.3) is 0 Å². The predicted octanol–water partition coefficient (Wildman–Crippen LogP) is 1.71. The molecule has 0 aromatic heterocycles. The molecule has 15 heavy (non-hydrogen) atoms. The number of thioether (sulfide) groups is 1. The largest absolute Gasteiger partial charge is 0.497 e. The summed E-state index contributed by atoms with van der Waals surface area (Å²) < 4.78 is 5.02. The van der Waals surface area contributed by atoms with Crippen LogP contribution in [-0.4, -0.2) is 23.9 Å². The molecular formula is C10H10N2O2S. The second-order valence-corrected chi connectivity index (χ2v) is 3.99. The number of amidine groups is 1. The lowest BCUT2D eigenvalue weighted by Crippen LogP contribution is -2.28. The SMILES string of the molecule is COc1ccc(N2C(=N)SCC2=O)cc1. The lowest BCUT2D eigenvalue weighted by molar-refractivity contribution is -0.115. The molecule has 1 aliphatic rings. The molecule has 1 aliphatic heterocycles. The maximum atomic E-state index is 11.5. The number of anilines is 1. The van der Waals surface area contributed by atoms with Crippen LogP contribution in [0.1, 0.15) is 0 Å². The molecule has 0 spiro atoms. The van der Waals surface area contributed by atoms with Crippen molar-refractivity contribution in [1.29, 1.82) is 5.41 Å². The van der Waals surface area contributed by atoms with Crippen molar-refractivity contribution in [2.45, 2.75) is 0 Å². The van der Waals surface area contributed by atoms with E-state index in [4.69, 9.17) is 10.1 Å². The van der Waals surface area contributed by atoms with Crippen LogP contribution in [0.4, 0.5) is 5.69 Å². The summed E-state index contributed by atoms with van der Waals surface area (Å²) in [6, 6.07) is 7.10. The molecule has 2 rings (SSSR count). The lowest BCUT2D eigenvalue weighted by Gasteiger charge is -2.14. The third kappa shape index (κ3) is 1.83. The molecular weight excluding hydrogens is 212 g/mol. The first-order chi connectivity index (χ1) is 7.22. The van der Waals surface area contributed by atoms with Crippen molar-refractivity contribution in [3.8, 4) is 5.75 Å². The molecule has 78 valence electrons. The average molecular weight is 222 g/mol. The van der Waals surface area contributed by atoms with Gasteiger partial charge in [0.2, 0.25) is 5.91 Å². The van der Waals surface area contributed by atoms with Crippen LogP contribution >= 0.6 is 11.8 Å². The summed E-state index contributed by atoms with van der Waals surface area (Å²) in [5.41, 5.74) is 0.718. The highest BCUT2D eigenvalue weighted by molar-refractivity contribution is 8.15. The minimum absolute atomic E-state index is 0.0461. The van der Waals surface area contributed by atoms with E-state index in [1.807, 2.05) is 0 Å². The molecule has 0 unspecified atom stereocenters. The zero-order chi connectivity index (χ0) is 10.8. The molecule has 0 atom stereocenters. The average Bonchev–Trinajstić information content (AvgIpc) is 2.59. The van der Waals surface area contributed by atoms with E-state index in [2.05, 4.69) is 0 Å². The van der Waals surface area contributed by atoms with Crippen molar-refractivity contribution < 1.29 is 9.53 Å². The van der Waals surface area contributed by atoms with E-state index >= 15 is 0 Å². The van der Waals surface area contributed by atoms with Gasteiger partial charge >= 0.3 is 0 Å². The van der Waals surface area contributed by atoms with Crippen molar-refractivity contribution in [2.24, 2.45) is 0 Å². The number of hydrogen-bond acceptors (Lipinski definition) is 4. The van der Waals surface area contributed by atoms with Gasteiger partial charge in [-0.05, 0) is 24.3 Å². The first-order valence-electron chi connectivity index (χ1n) is 4.41. The molecule has 5 heteroatoms. The van der Waals surface area contributed by atoms with Gasteiger partial charge in [-0.1, -0.05) is 11.8 Å². The Labute approximate surface area is 91.7 Å². The van der Waals surface area contributed by atoms with Crippen LogP contribution < -0.4 is 9.64 Å². The smallest absolute Gasteiger partial charge is 0.243 e. The van der Waals surface area contributed by atoms with Crippen LogP contribution in [0.2, 0.25) is 0 Å². The third-order valence-electron chi connectivity index (χ3n) is 2.12. The van der Waals surface area contributed by atoms with Gasteiger partial charge in [-0.3, -0.25) is 15.1 Å². The van der Waals surface area contributed by atoms with Gasteiger partial charge in [-0.2, -0.15) is 0 Å². The van der Waals surface area contributed by atoms with Gasteiger partial charge < -0.3 is 4.74 Å². The van der Waals surface area contributed by atoms with Crippen molar-refractivity contribution in [2.75, 3.05) is 17.8 Å². The zero-order valence-corrected chi connectivity index (χ0v) is 9.00. The van der Waals surface area contributed by atoms with Gasteiger partial charge in [0.05, 0.1) is 18.6 Å².